The number of anilines is 1. The molecule has 18 heavy (non-hydrogen) atoms. The van der Waals surface area contributed by atoms with Crippen molar-refractivity contribution >= 4 is 11.6 Å². The molecule has 0 aliphatic carbocycles. The van der Waals surface area contributed by atoms with Crippen LogP contribution in [0.5, 0.6) is 5.75 Å². The van der Waals surface area contributed by atoms with E-state index in [0.29, 0.717) is 17.0 Å². The molecule has 98 valence electrons. The number of carbonyl (C=O) groups is 1. The lowest BCUT2D eigenvalue weighted by atomic mass is 10.0. The number of aliphatic hydroxyl groups excluding tert-OH is 1. The first-order valence-electron chi connectivity index (χ1n) is 5.89. The predicted octanol–water partition coefficient (Wildman–Crippen LogP) is 1.18. The number of benzene rings is 1. The summed E-state index contributed by atoms with van der Waals surface area (Å²) < 4.78 is 5.60. The van der Waals surface area contributed by atoms with Crippen molar-refractivity contribution in [1.82, 2.24) is 0 Å². The molecule has 0 saturated carbocycles. The van der Waals surface area contributed by atoms with E-state index in [2.05, 4.69) is 5.32 Å². The first kappa shape index (κ1) is 12.9. The molecule has 0 fully saturated rings. The number of carbonyl (C=O) groups excluding carboxylic acids is 1. The van der Waals surface area contributed by atoms with Crippen molar-refractivity contribution in [3.05, 3.63) is 23.8 Å². The van der Waals surface area contributed by atoms with Crippen LogP contribution in [-0.4, -0.2) is 22.7 Å². The summed E-state index contributed by atoms with van der Waals surface area (Å²) in [6.45, 7) is 5.13. The lowest BCUT2D eigenvalue weighted by molar-refractivity contribution is -0.129. The van der Waals surface area contributed by atoms with Gasteiger partial charge in [0.25, 0.3) is 5.91 Å². The Bertz CT molecular complexity index is 483. The summed E-state index contributed by atoms with van der Waals surface area (Å²) >= 11 is 0. The number of rotatable bonds is 2. The first-order valence-corrected chi connectivity index (χ1v) is 5.89. The molecular formula is C13H18N2O3. The van der Waals surface area contributed by atoms with Crippen molar-refractivity contribution in [3.8, 4) is 5.75 Å². The Labute approximate surface area is 106 Å². The molecule has 1 aliphatic heterocycles. The quantitative estimate of drug-likeness (QED) is 0.735. The molecule has 1 aromatic carbocycles. The van der Waals surface area contributed by atoms with E-state index in [1.807, 2.05) is 0 Å². The van der Waals surface area contributed by atoms with E-state index in [0.717, 1.165) is 0 Å². The molecule has 1 amide bonds. The fourth-order valence-corrected chi connectivity index (χ4v) is 1.82. The number of ether oxygens (including phenoxy) is 1. The highest BCUT2D eigenvalue weighted by atomic mass is 16.5. The van der Waals surface area contributed by atoms with Gasteiger partial charge in [-0.2, -0.15) is 0 Å². The van der Waals surface area contributed by atoms with Crippen LogP contribution in [0.2, 0.25) is 0 Å². The van der Waals surface area contributed by atoms with Gasteiger partial charge in [0.15, 0.2) is 5.60 Å². The first-order chi connectivity index (χ1) is 8.31. The van der Waals surface area contributed by atoms with Crippen molar-refractivity contribution in [2.75, 3.05) is 5.32 Å². The van der Waals surface area contributed by atoms with Gasteiger partial charge in [0.1, 0.15) is 5.75 Å². The van der Waals surface area contributed by atoms with Crippen molar-refractivity contribution in [2.24, 2.45) is 5.73 Å². The molecule has 1 aliphatic rings. The van der Waals surface area contributed by atoms with E-state index >= 15 is 0 Å². The minimum atomic E-state index is -0.881. The van der Waals surface area contributed by atoms with E-state index < -0.39 is 11.7 Å². The van der Waals surface area contributed by atoms with Crippen LogP contribution in [0.15, 0.2) is 18.2 Å². The molecule has 2 atom stereocenters. The fourth-order valence-electron chi connectivity index (χ4n) is 1.82. The summed E-state index contributed by atoms with van der Waals surface area (Å²) in [7, 11) is 0. The van der Waals surface area contributed by atoms with Gasteiger partial charge in [-0.25, -0.2) is 0 Å². The highest BCUT2D eigenvalue weighted by Crippen LogP contribution is 2.35. The van der Waals surface area contributed by atoms with Crippen LogP contribution >= 0.6 is 0 Å². The molecule has 5 nitrogen and oxygen atoms in total. The number of hydrogen-bond donors (Lipinski definition) is 3. The summed E-state index contributed by atoms with van der Waals surface area (Å²) in [5.74, 6) is 0.391. The molecule has 0 aromatic heterocycles. The van der Waals surface area contributed by atoms with Gasteiger partial charge in [0.05, 0.1) is 11.8 Å². The molecule has 0 saturated heterocycles. The highest BCUT2D eigenvalue weighted by molar-refractivity contribution is 6.00. The maximum atomic E-state index is 11.8. The second-order valence-electron chi connectivity index (χ2n) is 5.13. The van der Waals surface area contributed by atoms with Crippen molar-refractivity contribution in [2.45, 2.75) is 38.5 Å². The molecular weight excluding hydrogens is 232 g/mol. The lowest BCUT2D eigenvalue weighted by Crippen LogP contribution is -2.45. The summed E-state index contributed by atoms with van der Waals surface area (Å²) in [5.41, 5.74) is 5.99. The van der Waals surface area contributed by atoms with E-state index in [1.54, 1.807) is 39.0 Å². The third kappa shape index (κ3) is 2.19. The number of nitrogens with two attached hydrogens (primary N) is 1. The molecule has 1 aromatic rings. The zero-order valence-electron chi connectivity index (χ0n) is 10.7. The Balaban J connectivity index is 2.35. The zero-order valence-corrected chi connectivity index (χ0v) is 10.7. The summed E-state index contributed by atoms with van der Waals surface area (Å²) in [6.07, 6.45) is -0.762. The maximum Gasteiger partial charge on any atom is 0.268 e. The molecule has 1 heterocycles. The van der Waals surface area contributed by atoms with Crippen LogP contribution in [0.1, 0.15) is 32.4 Å². The molecule has 4 N–H and O–H groups in total. The largest absolute Gasteiger partial charge is 0.476 e. The van der Waals surface area contributed by atoms with Gasteiger partial charge in [0, 0.05) is 6.04 Å². The van der Waals surface area contributed by atoms with Crippen LogP contribution < -0.4 is 15.8 Å². The average molecular weight is 250 g/mol. The Morgan fingerprint density at radius 3 is 2.72 bits per heavy atom. The predicted molar refractivity (Wildman–Crippen MR) is 68.4 cm³/mol. The van der Waals surface area contributed by atoms with E-state index in [9.17, 15) is 9.90 Å². The number of hydrogen-bond acceptors (Lipinski definition) is 4. The zero-order chi connectivity index (χ0) is 13.5. The van der Waals surface area contributed by atoms with Gasteiger partial charge < -0.3 is 20.9 Å². The summed E-state index contributed by atoms with van der Waals surface area (Å²) in [4.78, 5) is 11.8. The average Bonchev–Trinajstić information content (AvgIpc) is 2.28. The molecule has 0 radical (unpaired) electrons. The second-order valence-corrected chi connectivity index (χ2v) is 5.13. The normalized spacial score (nSPS) is 20.4. The monoisotopic (exact) mass is 250 g/mol. The highest BCUT2D eigenvalue weighted by Gasteiger charge is 2.35. The third-order valence-electron chi connectivity index (χ3n) is 3.00. The van der Waals surface area contributed by atoms with Gasteiger partial charge in [-0.1, -0.05) is 6.07 Å². The summed E-state index contributed by atoms with van der Waals surface area (Å²) in [6, 6.07) is 4.80. The Kier molecular flexibility index (Phi) is 3.04. The molecule has 5 heteroatoms. The second kappa shape index (κ2) is 4.26. The number of nitrogens with one attached hydrogen (secondary N) is 1. The van der Waals surface area contributed by atoms with E-state index in [4.69, 9.17) is 10.5 Å². The lowest BCUT2D eigenvalue weighted by Gasteiger charge is -2.32. The van der Waals surface area contributed by atoms with Crippen LogP contribution in [0.4, 0.5) is 5.69 Å². The maximum absolute atomic E-state index is 11.8. The standard InChI is InChI=1S/C13H18N2O3/c1-7(14)11(16)8-4-5-10-9(6-8)15-12(17)13(2,3)18-10/h4-7,11,16H,14H2,1-3H3,(H,15,17). The molecule has 2 rings (SSSR count). The van der Waals surface area contributed by atoms with Gasteiger partial charge in [0.2, 0.25) is 0 Å². The van der Waals surface area contributed by atoms with Crippen LogP contribution in [0.3, 0.4) is 0 Å². The fraction of sp³-hybridized carbons (Fsp3) is 0.462. The van der Waals surface area contributed by atoms with Crippen molar-refractivity contribution < 1.29 is 14.6 Å². The van der Waals surface area contributed by atoms with Crippen molar-refractivity contribution in [3.63, 3.8) is 0 Å². The topological polar surface area (TPSA) is 84.6 Å². The Hall–Kier alpha value is -1.59. The number of aliphatic hydroxyl groups is 1. The SMILES string of the molecule is CC(N)C(O)c1ccc2c(c1)NC(=O)C(C)(C)O2. The van der Waals surface area contributed by atoms with Gasteiger partial charge in [-0.15, -0.1) is 0 Å². The number of fused-ring (bicyclic) bond motifs is 1. The molecule has 2 unspecified atom stereocenters. The van der Waals surface area contributed by atoms with Crippen LogP contribution in [0.25, 0.3) is 0 Å². The summed E-state index contributed by atoms with van der Waals surface area (Å²) in [5, 5.41) is 12.7. The molecule has 0 spiro atoms. The van der Waals surface area contributed by atoms with E-state index in [-0.39, 0.29) is 11.9 Å². The van der Waals surface area contributed by atoms with Gasteiger partial charge >= 0.3 is 0 Å². The van der Waals surface area contributed by atoms with Crippen molar-refractivity contribution in [1.29, 1.82) is 0 Å². The van der Waals surface area contributed by atoms with E-state index in [1.165, 1.54) is 0 Å². The smallest absolute Gasteiger partial charge is 0.268 e. The van der Waals surface area contributed by atoms with Crippen LogP contribution in [-0.2, 0) is 4.79 Å². The minimum Gasteiger partial charge on any atom is -0.476 e. The minimum absolute atomic E-state index is 0.206. The van der Waals surface area contributed by atoms with Crippen LogP contribution in [0, 0.1) is 0 Å². The Morgan fingerprint density at radius 1 is 1.44 bits per heavy atom. The Morgan fingerprint density at radius 2 is 2.11 bits per heavy atom. The third-order valence-corrected chi connectivity index (χ3v) is 3.00. The number of amides is 1. The molecule has 0 bridgehead atoms. The van der Waals surface area contributed by atoms with Gasteiger partial charge in [-0.3, -0.25) is 4.79 Å². The van der Waals surface area contributed by atoms with Gasteiger partial charge in [-0.05, 0) is 38.5 Å².